The molecule has 1 aliphatic rings. The minimum Gasteiger partial charge on any atom is -0.390 e. The van der Waals surface area contributed by atoms with Crippen LogP contribution in [0.15, 0.2) is 60.7 Å². The molecule has 2 aromatic carbocycles. The van der Waals surface area contributed by atoms with Crippen molar-refractivity contribution in [2.24, 2.45) is 5.92 Å². The van der Waals surface area contributed by atoms with Gasteiger partial charge in [0.1, 0.15) is 0 Å². The van der Waals surface area contributed by atoms with Crippen LogP contribution >= 0.6 is 0 Å². The average molecular weight is 284 g/mol. The normalized spacial score (nSPS) is 22.5. The van der Waals surface area contributed by atoms with Gasteiger partial charge in [0, 0.05) is 5.92 Å². The zero-order valence-electron chi connectivity index (χ0n) is 11.9. The highest BCUT2D eigenvalue weighted by Gasteiger charge is 2.38. The van der Waals surface area contributed by atoms with E-state index in [0.29, 0.717) is 19.8 Å². The predicted molar refractivity (Wildman–Crippen MR) is 80.7 cm³/mol. The molecule has 1 aliphatic heterocycles. The Morgan fingerprint density at radius 1 is 1.05 bits per heavy atom. The zero-order valence-corrected chi connectivity index (χ0v) is 11.9. The summed E-state index contributed by atoms with van der Waals surface area (Å²) in [6, 6.07) is 20.0. The van der Waals surface area contributed by atoms with Crippen LogP contribution < -0.4 is 0 Å². The van der Waals surface area contributed by atoms with E-state index >= 15 is 0 Å². The molecular weight excluding hydrogens is 264 g/mol. The lowest BCUT2D eigenvalue weighted by atomic mass is 9.87. The molecule has 0 amide bonds. The Bertz CT molecular complexity index is 541. The molecule has 3 heteroatoms. The van der Waals surface area contributed by atoms with Crippen LogP contribution in [0.3, 0.4) is 0 Å². The molecule has 1 heterocycles. The SMILES string of the molecule is OC(COCc1ccccc1)[C@H]1CO[C@H]1c1ccccc1. The maximum atomic E-state index is 10.3. The summed E-state index contributed by atoms with van der Waals surface area (Å²) in [6.07, 6.45) is -0.505. The smallest absolute Gasteiger partial charge is 0.0901 e. The van der Waals surface area contributed by atoms with Crippen molar-refractivity contribution in [3.05, 3.63) is 71.8 Å². The van der Waals surface area contributed by atoms with Crippen LogP contribution in [0.2, 0.25) is 0 Å². The highest BCUT2D eigenvalue weighted by atomic mass is 16.5. The fourth-order valence-corrected chi connectivity index (χ4v) is 2.60. The molecule has 2 aromatic rings. The van der Waals surface area contributed by atoms with Crippen LogP contribution in [0.1, 0.15) is 17.2 Å². The minimum absolute atomic E-state index is 0.0125. The number of aliphatic hydroxyl groups excluding tert-OH is 1. The van der Waals surface area contributed by atoms with Crippen molar-refractivity contribution in [3.8, 4) is 0 Å². The third-order valence-electron chi connectivity index (χ3n) is 3.88. The van der Waals surface area contributed by atoms with E-state index in [9.17, 15) is 5.11 Å². The molecular formula is C18H20O3. The topological polar surface area (TPSA) is 38.7 Å². The predicted octanol–water partition coefficient (Wildman–Crippen LogP) is 2.95. The fourth-order valence-electron chi connectivity index (χ4n) is 2.60. The first-order chi connectivity index (χ1) is 10.3. The lowest BCUT2D eigenvalue weighted by Crippen LogP contribution is -2.43. The van der Waals surface area contributed by atoms with Gasteiger partial charge in [-0.2, -0.15) is 0 Å². The lowest BCUT2D eigenvalue weighted by Gasteiger charge is -2.40. The molecule has 3 rings (SSSR count). The summed E-state index contributed by atoms with van der Waals surface area (Å²) < 4.78 is 11.2. The van der Waals surface area contributed by atoms with Crippen LogP contribution in [0, 0.1) is 5.92 Å². The van der Waals surface area contributed by atoms with Gasteiger partial charge in [-0.3, -0.25) is 0 Å². The zero-order chi connectivity index (χ0) is 14.5. The Morgan fingerprint density at radius 3 is 2.33 bits per heavy atom. The van der Waals surface area contributed by atoms with Gasteiger partial charge in [0.2, 0.25) is 0 Å². The Morgan fingerprint density at radius 2 is 1.71 bits per heavy atom. The number of rotatable bonds is 6. The third kappa shape index (κ3) is 3.50. The molecule has 1 fully saturated rings. The number of ether oxygens (including phenoxy) is 2. The van der Waals surface area contributed by atoms with Crippen molar-refractivity contribution in [1.82, 2.24) is 0 Å². The third-order valence-corrected chi connectivity index (χ3v) is 3.88. The maximum absolute atomic E-state index is 10.3. The molecule has 0 radical (unpaired) electrons. The van der Waals surface area contributed by atoms with Crippen LogP contribution in [0.5, 0.6) is 0 Å². The summed E-state index contributed by atoms with van der Waals surface area (Å²) in [4.78, 5) is 0. The van der Waals surface area contributed by atoms with E-state index in [2.05, 4.69) is 0 Å². The monoisotopic (exact) mass is 284 g/mol. The summed E-state index contributed by atoms with van der Waals surface area (Å²) in [6.45, 7) is 1.46. The first kappa shape index (κ1) is 14.3. The van der Waals surface area contributed by atoms with Gasteiger partial charge in [-0.15, -0.1) is 0 Å². The van der Waals surface area contributed by atoms with Crippen molar-refractivity contribution in [2.75, 3.05) is 13.2 Å². The Hall–Kier alpha value is -1.68. The van der Waals surface area contributed by atoms with Crippen molar-refractivity contribution in [2.45, 2.75) is 18.8 Å². The van der Waals surface area contributed by atoms with E-state index in [4.69, 9.17) is 9.47 Å². The number of aliphatic hydroxyl groups is 1. The number of hydrogen-bond donors (Lipinski definition) is 1. The fraction of sp³-hybridized carbons (Fsp3) is 0.333. The summed E-state index contributed by atoms with van der Waals surface area (Å²) in [5.74, 6) is 0.114. The Kier molecular flexibility index (Phi) is 4.65. The maximum Gasteiger partial charge on any atom is 0.0901 e. The van der Waals surface area contributed by atoms with E-state index in [-0.39, 0.29) is 12.0 Å². The van der Waals surface area contributed by atoms with Crippen LogP contribution in [0.4, 0.5) is 0 Å². The minimum atomic E-state index is -0.493. The molecule has 1 saturated heterocycles. The average Bonchev–Trinajstić information content (AvgIpc) is 2.48. The molecule has 110 valence electrons. The first-order valence-corrected chi connectivity index (χ1v) is 7.31. The Balaban J connectivity index is 1.48. The van der Waals surface area contributed by atoms with Gasteiger partial charge in [-0.05, 0) is 11.1 Å². The Labute approximate surface area is 125 Å². The van der Waals surface area contributed by atoms with Crippen molar-refractivity contribution in [1.29, 1.82) is 0 Å². The van der Waals surface area contributed by atoms with E-state index in [0.717, 1.165) is 11.1 Å². The lowest BCUT2D eigenvalue weighted by molar-refractivity contribution is -0.173. The molecule has 0 aliphatic carbocycles. The van der Waals surface area contributed by atoms with Gasteiger partial charge in [-0.25, -0.2) is 0 Å². The second-order valence-corrected chi connectivity index (χ2v) is 5.40. The van der Waals surface area contributed by atoms with Gasteiger partial charge in [-0.1, -0.05) is 60.7 Å². The van der Waals surface area contributed by atoms with Crippen molar-refractivity contribution < 1.29 is 14.6 Å². The quantitative estimate of drug-likeness (QED) is 0.886. The highest BCUT2D eigenvalue weighted by molar-refractivity contribution is 5.20. The van der Waals surface area contributed by atoms with Crippen LogP contribution in [-0.2, 0) is 16.1 Å². The van der Waals surface area contributed by atoms with Gasteiger partial charge in [0.05, 0.1) is 32.0 Å². The molecule has 21 heavy (non-hydrogen) atoms. The largest absolute Gasteiger partial charge is 0.390 e. The molecule has 0 bridgehead atoms. The molecule has 0 spiro atoms. The standard InChI is InChI=1S/C18H20O3/c19-17(13-20-11-14-7-3-1-4-8-14)16-12-21-18(16)15-9-5-2-6-10-15/h1-10,16-19H,11-13H2/t16-,17?,18+/m1/s1. The molecule has 1 unspecified atom stereocenters. The second-order valence-electron chi connectivity index (χ2n) is 5.40. The summed E-state index contributed by atoms with van der Waals surface area (Å²) >= 11 is 0. The van der Waals surface area contributed by atoms with E-state index in [1.807, 2.05) is 60.7 Å². The molecule has 0 aromatic heterocycles. The number of benzene rings is 2. The van der Waals surface area contributed by atoms with Gasteiger partial charge < -0.3 is 14.6 Å². The first-order valence-electron chi connectivity index (χ1n) is 7.31. The summed E-state index contributed by atoms with van der Waals surface area (Å²) in [7, 11) is 0. The molecule has 0 saturated carbocycles. The van der Waals surface area contributed by atoms with E-state index < -0.39 is 6.10 Å². The van der Waals surface area contributed by atoms with E-state index in [1.54, 1.807) is 0 Å². The van der Waals surface area contributed by atoms with Gasteiger partial charge >= 0.3 is 0 Å². The van der Waals surface area contributed by atoms with Crippen molar-refractivity contribution in [3.63, 3.8) is 0 Å². The van der Waals surface area contributed by atoms with Crippen LogP contribution in [0.25, 0.3) is 0 Å². The second kappa shape index (κ2) is 6.85. The highest BCUT2D eigenvalue weighted by Crippen LogP contribution is 2.37. The van der Waals surface area contributed by atoms with Gasteiger partial charge in [0.25, 0.3) is 0 Å². The summed E-state index contributed by atoms with van der Waals surface area (Å²) in [5.41, 5.74) is 2.24. The summed E-state index contributed by atoms with van der Waals surface area (Å²) in [5, 5.41) is 10.3. The number of hydrogen-bond acceptors (Lipinski definition) is 3. The van der Waals surface area contributed by atoms with Gasteiger partial charge in [0.15, 0.2) is 0 Å². The molecule has 3 nitrogen and oxygen atoms in total. The molecule has 3 atom stereocenters. The van der Waals surface area contributed by atoms with E-state index in [1.165, 1.54) is 0 Å². The molecule has 1 N–H and O–H groups in total. The van der Waals surface area contributed by atoms with Crippen LogP contribution in [-0.4, -0.2) is 24.4 Å². The van der Waals surface area contributed by atoms with Crippen molar-refractivity contribution >= 4 is 0 Å².